The van der Waals surface area contributed by atoms with Gasteiger partial charge in [0, 0.05) is 22.4 Å². The second-order valence-electron chi connectivity index (χ2n) is 13.3. The lowest BCUT2D eigenvalue weighted by Gasteiger charge is -2.67. The van der Waals surface area contributed by atoms with Crippen LogP contribution < -0.4 is 5.73 Å². The Morgan fingerprint density at radius 1 is 1.23 bits per heavy atom. The number of fused-ring (bicyclic) bond motifs is 4. The van der Waals surface area contributed by atoms with Crippen LogP contribution in [0.3, 0.4) is 0 Å². The summed E-state index contributed by atoms with van der Waals surface area (Å²) in [5, 5.41) is 11.6. The Kier molecular flexibility index (Phi) is 5.30. The Balaban J connectivity index is 1.16. The zero-order valence-corrected chi connectivity index (χ0v) is 23.0. The molecule has 1 aromatic carbocycles. The maximum Gasteiger partial charge on any atom is 0.317 e. The van der Waals surface area contributed by atoms with Crippen LogP contribution in [0.1, 0.15) is 57.9 Å². The van der Waals surface area contributed by atoms with Crippen LogP contribution in [0.25, 0.3) is 0 Å². The number of hydrogen-bond donors (Lipinski definition) is 2. The zero-order chi connectivity index (χ0) is 28.3. The molecule has 7 rings (SSSR count). The van der Waals surface area contributed by atoms with E-state index >= 15 is 4.39 Å². The number of para-hydroxylation sites is 1. The first-order valence-corrected chi connectivity index (χ1v) is 14.5. The molecule has 212 valence electrons. The monoisotopic (exact) mass is 549 g/mol. The quantitative estimate of drug-likeness (QED) is 0.424. The third-order valence-corrected chi connectivity index (χ3v) is 11.8. The van der Waals surface area contributed by atoms with Crippen molar-refractivity contribution in [3.63, 3.8) is 0 Å². The molecule has 1 aliphatic heterocycles. The summed E-state index contributed by atoms with van der Waals surface area (Å²) in [6.45, 7) is 3.58. The molecular weight excluding hydrogens is 513 g/mol. The smallest absolute Gasteiger partial charge is 0.317 e. The number of allylic oxidation sites excluding steroid dienone is 4. The number of aliphatic hydroxyl groups is 1. The number of ether oxygens (including phenoxy) is 2. The molecule has 1 aromatic rings. The number of carbonyl (C=O) groups excluding carboxylic acids is 3. The normalized spacial score (nSPS) is 43.8. The van der Waals surface area contributed by atoms with Crippen LogP contribution >= 0.6 is 0 Å². The number of benzene rings is 1. The summed E-state index contributed by atoms with van der Waals surface area (Å²) in [5.74, 6) is -1.82. The number of carbonyl (C=O) groups is 3. The van der Waals surface area contributed by atoms with Crippen molar-refractivity contribution in [3.8, 4) is 0 Å². The van der Waals surface area contributed by atoms with Gasteiger partial charge in [-0.1, -0.05) is 36.8 Å². The summed E-state index contributed by atoms with van der Waals surface area (Å²) in [4.78, 5) is 39.3. The molecule has 0 radical (unpaired) electrons. The molecule has 0 bridgehead atoms. The van der Waals surface area contributed by atoms with Crippen LogP contribution in [0.2, 0.25) is 0 Å². The molecule has 6 aliphatic rings. The molecule has 1 spiro atoms. The molecular formula is C32H36FNO6. The number of aliphatic hydroxyl groups excluding tert-OH is 1. The lowest BCUT2D eigenvalue weighted by molar-refractivity contribution is -0.310. The van der Waals surface area contributed by atoms with Gasteiger partial charge in [-0.25, -0.2) is 4.39 Å². The highest BCUT2D eigenvalue weighted by Crippen LogP contribution is 2.74. The van der Waals surface area contributed by atoms with Crippen LogP contribution in [-0.2, 0) is 29.3 Å². The van der Waals surface area contributed by atoms with E-state index < -0.39 is 52.1 Å². The van der Waals surface area contributed by atoms with Crippen molar-refractivity contribution >= 4 is 23.2 Å². The summed E-state index contributed by atoms with van der Waals surface area (Å²) in [6, 6.07) is 7.23. The van der Waals surface area contributed by atoms with Gasteiger partial charge in [0.2, 0.25) is 5.78 Å². The molecule has 0 aromatic heterocycles. The number of nitrogens with two attached hydrogens (primary N) is 1. The summed E-state index contributed by atoms with van der Waals surface area (Å²) >= 11 is 0. The van der Waals surface area contributed by atoms with E-state index in [-0.39, 0.29) is 36.4 Å². The van der Waals surface area contributed by atoms with Gasteiger partial charge in [-0.3, -0.25) is 14.4 Å². The summed E-state index contributed by atoms with van der Waals surface area (Å²) in [6.07, 6.45) is 6.20. The van der Waals surface area contributed by atoms with E-state index in [0.717, 1.165) is 11.1 Å². The maximum atomic E-state index is 17.4. The van der Waals surface area contributed by atoms with Gasteiger partial charge >= 0.3 is 5.97 Å². The molecule has 40 heavy (non-hydrogen) atoms. The lowest BCUT2D eigenvalue weighted by Crippen LogP contribution is -2.76. The third kappa shape index (κ3) is 2.89. The molecule has 1 saturated heterocycles. The minimum absolute atomic E-state index is 0.0871. The average Bonchev–Trinajstić information content (AvgIpc) is 3.69. The van der Waals surface area contributed by atoms with Crippen LogP contribution in [0.15, 0.2) is 48.1 Å². The fourth-order valence-corrected chi connectivity index (χ4v) is 9.68. The number of esters is 1. The number of Topliss-reactive ketones (excluding diaryl/α,β-unsaturated/α-hetero) is 1. The van der Waals surface area contributed by atoms with Gasteiger partial charge in [-0.15, -0.1) is 0 Å². The first kappa shape index (κ1) is 26.1. The predicted molar refractivity (Wildman–Crippen MR) is 144 cm³/mol. The molecule has 1 heterocycles. The highest BCUT2D eigenvalue weighted by molar-refractivity contribution is 6.01. The maximum absolute atomic E-state index is 17.4. The van der Waals surface area contributed by atoms with Crippen LogP contribution in [0, 0.1) is 28.6 Å². The highest BCUT2D eigenvalue weighted by atomic mass is 19.1. The predicted octanol–water partition coefficient (Wildman–Crippen LogP) is 3.78. The Morgan fingerprint density at radius 2 is 1.98 bits per heavy atom. The third-order valence-electron chi connectivity index (χ3n) is 11.8. The second kappa shape index (κ2) is 8.13. The number of alkyl halides is 1. The lowest BCUT2D eigenvalue weighted by atomic mass is 9.43. The van der Waals surface area contributed by atoms with Crippen LogP contribution in [0.4, 0.5) is 10.1 Å². The van der Waals surface area contributed by atoms with Crippen molar-refractivity contribution in [3.05, 3.63) is 53.6 Å². The van der Waals surface area contributed by atoms with Gasteiger partial charge in [-0.2, -0.15) is 0 Å². The van der Waals surface area contributed by atoms with Gasteiger partial charge in [-0.05, 0) is 81.1 Å². The molecule has 1 unspecified atom stereocenters. The van der Waals surface area contributed by atoms with Crippen molar-refractivity contribution in [2.45, 2.75) is 75.2 Å². The molecule has 8 heteroatoms. The van der Waals surface area contributed by atoms with Gasteiger partial charge in [0.05, 0.1) is 18.1 Å². The fraction of sp³-hybridized carbons (Fsp3) is 0.594. The molecule has 0 amide bonds. The standard InChI is InChI=1S/C32H36FNO6/c1-18-13-23-21-8-7-19-14-20(35)9-10-28(19,2)31(21,33)25(36)15-30(23)17-40-32(18,30)26(37)16-39-27(38)29(11-12-29)22-5-3-4-6-24(22)34/h3-6,9-10,14,18,21,23,25,36H,7-8,11-13,15-17,34H2,1-2H3/t18-,21+,23?,25+,28+,30-,31+,32+/m1/s1. The number of hydrogen-bond acceptors (Lipinski definition) is 7. The Bertz CT molecular complexity index is 1400. The van der Waals surface area contributed by atoms with E-state index in [1.807, 2.05) is 25.1 Å². The summed E-state index contributed by atoms with van der Waals surface area (Å²) in [5.41, 5.74) is 2.31. The first-order valence-electron chi connectivity index (χ1n) is 14.5. The minimum Gasteiger partial charge on any atom is -0.457 e. The summed E-state index contributed by atoms with van der Waals surface area (Å²) < 4.78 is 29.2. The van der Waals surface area contributed by atoms with E-state index in [9.17, 15) is 19.5 Å². The van der Waals surface area contributed by atoms with E-state index in [4.69, 9.17) is 15.2 Å². The van der Waals surface area contributed by atoms with Gasteiger partial charge in [0.25, 0.3) is 0 Å². The van der Waals surface area contributed by atoms with Gasteiger partial charge < -0.3 is 20.3 Å². The Labute approximate surface area is 233 Å². The number of rotatable bonds is 5. The molecule has 4 saturated carbocycles. The van der Waals surface area contributed by atoms with Crippen molar-refractivity contribution in [2.75, 3.05) is 18.9 Å². The molecule has 5 aliphatic carbocycles. The molecule has 8 atom stereocenters. The number of anilines is 1. The van der Waals surface area contributed by atoms with Crippen molar-refractivity contribution in [1.29, 1.82) is 0 Å². The van der Waals surface area contributed by atoms with Crippen molar-refractivity contribution in [1.82, 2.24) is 0 Å². The zero-order valence-electron chi connectivity index (χ0n) is 23.0. The van der Waals surface area contributed by atoms with E-state index in [0.29, 0.717) is 37.8 Å². The Morgan fingerprint density at radius 3 is 2.65 bits per heavy atom. The molecule has 3 N–H and O–H groups in total. The SMILES string of the molecule is C[C@@H]1CC2[C@@H]3CCC4=CC(=O)C=C[C@]4(C)[C@@]3(F)[C@@H](O)C[C@@]23CO[C@]13C(=O)COC(=O)C1(c2ccccc2N)CC1. The summed E-state index contributed by atoms with van der Waals surface area (Å²) in [7, 11) is 0. The average molecular weight is 550 g/mol. The van der Waals surface area contributed by atoms with Crippen molar-refractivity contribution in [2.24, 2.45) is 28.6 Å². The topological polar surface area (TPSA) is 116 Å². The number of nitrogen functional groups attached to an aromatic ring is 1. The highest BCUT2D eigenvalue weighted by Gasteiger charge is 2.81. The number of ketones is 2. The first-order chi connectivity index (χ1) is 19.0. The van der Waals surface area contributed by atoms with E-state index in [2.05, 4.69) is 0 Å². The van der Waals surface area contributed by atoms with E-state index in [1.54, 1.807) is 19.1 Å². The van der Waals surface area contributed by atoms with Gasteiger partial charge in [0.15, 0.2) is 18.1 Å². The molecule has 5 fully saturated rings. The van der Waals surface area contributed by atoms with E-state index in [1.165, 1.54) is 12.2 Å². The minimum atomic E-state index is -1.96. The van der Waals surface area contributed by atoms with Gasteiger partial charge in [0.1, 0.15) is 5.60 Å². The largest absolute Gasteiger partial charge is 0.457 e. The van der Waals surface area contributed by atoms with Crippen LogP contribution in [0.5, 0.6) is 0 Å². The fourth-order valence-electron chi connectivity index (χ4n) is 9.68. The number of halogens is 1. The van der Waals surface area contributed by atoms with Crippen LogP contribution in [-0.4, -0.2) is 53.2 Å². The Hall–Kier alpha value is -2.84. The van der Waals surface area contributed by atoms with Crippen molar-refractivity contribution < 1.29 is 33.4 Å². The molecule has 7 nitrogen and oxygen atoms in total. The second-order valence-corrected chi connectivity index (χ2v) is 13.3.